The molecule has 0 heterocycles. The van der Waals surface area contributed by atoms with Crippen LogP contribution in [0.5, 0.6) is 0 Å². The Morgan fingerprint density at radius 2 is 1.45 bits per heavy atom. The van der Waals surface area contributed by atoms with Gasteiger partial charge in [-0.05, 0) is 44.9 Å². The molecule has 0 aliphatic rings. The van der Waals surface area contributed by atoms with Crippen LogP contribution in [0.2, 0.25) is 0 Å². The van der Waals surface area contributed by atoms with Crippen molar-refractivity contribution in [1.82, 2.24) is 0 Å². The average Bonchev–Trinajstić information content (AvgIpc) is 2.67. The summed E-state index contributed by atoms with van der Waals surface area (Å²) in [6.07, 6.45) is 22.4. The highest BCUT2D eigenvalue weighted by Crippen LogP contribution is 2.35. The van der Waals surface area contributed by atoms with Gasteiger partial charge in [-0.15, -0.1) is 0 Å². The summed E-state index contributed by atoms with van der Waals surface area (Å²) in [7, 11) is -4.63. The van der Waals surface area contributed by atoms with Gasteiger partial charge >= 0.3 is 13.8 Å². The van der Waals surface area contributed by atoms with Crippen molar-refractivity contribution >= 4 is 13.8 Å². The molecule has 0 spiro atoms. The Morgan fingerprint density at radius 3 is 2.00 bits per heavy atom. The highest BCUT2D eigenvalue weighted by atomic mass is 31.2. The monoisotopic (exact) mass is 430 g/mol. The number of aliphatic hydroxyl groups is 1. The Kier molecular flexibility index (Phi) is 17.6. The Hall–Kier alpha value is -1.50. The summed E-state index contributed by atoms with van der Waals surface area (Å²) in [4.78, 5) is 28.5. The zero-order valence-corrected chi connectivity index (χ0v) is 18.1. The number of carbonyl (C=O) groups is 1. The summed E-state index contributed by atoms with van der Waals surface area (Å²) in [5.74, 6) is -0.453. The summed E-state index contributed by atoms with van der Waals surface area (Å²) in [6, 6.07) is 0. The van der Waals surface area contributed by atoms with Gasteiger partial charge in [-0.2, -0.15) is 0 Å². The first kappa shape index (κ1) is 27.5. The summed E-state index contributed by atoms with van der Waals surface area (Å²) >= 11 is 0. The molecule has 0 amide bonds. The molecule has 29 heavy (non-hydrogen) atoms. The molecule has 166 valence electrons. The summed E-state index contributed by atoms with van der Waals surface area (Å²) in [5, 5.41) is 9.40. The number of hydrogen-bond donors (Lipinski definition) is 3. The Bertz CT molecular complexity index is 576. The van der Waals surface area contributed by atoms with Crippen LogP contribution in [0, 0.1) is 0 Å². The molecule has 0 saturated heterocycles. The van der Waals surface area contributed by atoms with Gasteiger partial charge in [0, 0.05) is 6.42 Å². The molecule has 0 rings (SSSR count). The number of phosphoric ester groups is 1. The molecule has 1 unspecified atom stereocenters. The molecule has 0 aromatic carbocycles. The average molecular weight is 430 g/mol. The Labute approximate surface area is 174 Å². The van der Waals surface area contributed by atoms with Gasteiger partial charge in [-0.3, -0.25) is 9.32 Å². The number of aliphatic hydroxyl groups excluding tert-OH is 1. The van der Waals surface area contributed by atoms with E-state index in [1.807, 2.05) is 0 Å². The van der Waals surface area contributed by atoms with E-state index >= 15 is 0 Å². The van der Waals surface area contributed by atoms with E-state index in [0.29, 0.717) is 6.42 Å². The van der Waals surface area contributed by atoms with Gasteiger partial charge in [-0.1, -0.05) is 55.5 Å². The number of allylic oxidation sites excluding steroid dienone is 8. The highest BCUT2D eigenvalue weighted by Gasteiger charge is 2.17. The topological polar surface area (TPSA) is 113 Å². The Balaban J connectivity index is 3.58. The van der Waals surface area contributed by atoms with Gasteiger partial charge in [0.15, 0.2) is 0 Å². The molecular weight excluding hydrogens is 395 g/mol. The van der Waals surface area contributed by atoms with E-state index in [1.54, 1.807) is 0 Å². The molecular formula is C21H35O7P. The highest BCUT2D eigenvalue weighted by molar-refractivity contribution is 7.46. The SMILES string of the molecule is CC/C=C\C/C=C\C/C=C\C/C=C\CCCCC(=O)OCC(O)COP(=O)(O)O. The van der Waals surface area contributed by atoms with Crippen LogP contribution in [0.1, 0.15) is 58.3 Å². The van der Waals surface area contributed by atoms with Crippen LogP contribution in [0.4, 0.5) is 0 Å². The predicted octanol–water partition coefficient (Wildman–Crippen LogP) is 4.37. The maximum atomic E-state index is 11.5. The lowest BCUT2D eigenvalue weighted by Gasteiger charge is -2.12. The standard InChI is InChI=1S/C21H35O7P/c1-2-3-4-5-6-7-8-9-10-11-12-13-14-15-16-17-21(23)27-18-20(22)19-28-29(24,25)26/h3-4,6-7,9-10,12-13,20,22H,2,5,8,11,14-19H2,1H3,(H2,24,25,26)/b4-3-,7-6-,10-9-,13-12-. The molecule has 0 aliphatic heterocycles. The molecule has 1 atom stereocenters. The van der Waals surface area contributed by atoms with Crippen molar-refractivity contribution in [1.29, 1.82) is 0 Å². The van der Waals surface area contributed by atoms with Crippen LogP contribution in [-0.2, 0) is 18.6 Å². The number of ether oxygens (including phenoxy) is 1. The van der Waals surface area contributed by atoms with E-state index in [-0.39, 0.29) is 13.0 Å². The van der Waals surface area contributed by atoms with Gasteiger partial charge in [-0.25, -0.2) is 4.57 Å². The molecule has 0 bridgehead atoms. The first-order valence-electron chi connectivity index (χ1n) is 9.99. The van der Waals surface area contributed by atoms with E-state index in [1.165, 1.54) is 0 Å². The lowest BCUT2D eigenvalue weighted by Crippen LogP contribution is -2.23. The molecule has 0 aromatic rings. The van der Waals surface area contributed by atoms with Crippen LogP contribution in [0.3, 0.4) is 0 Å². The summed E-state index contributed by atoms with van der Waals surface area (Å²) < 4.78 is 19.4. The van der Waals surface area contributed by atoms with Crippen LogP contribution >= 0.6 is 7.82 Å². The van der Waals surface area contributed by atoms with Gasteiger partial charge in [0.2, 0.25) is 0 Å². The van der Waals surface area contributed by atoms with Gasteiger partial charge in [0.05, 0.1) is 6.61 Å². The number of rotatable bonds is 17. The van der Waals surface area contributed by atoms with Crippen molar-refractivity contribution in [3.8, 4) is 0 Å². The number of unbranched alkanes of at least 4 members (excludes halogenated alkanes) is 2. The maximum Gasteiger partial charge on any atom is 0.469 e. The van der Waals surface area contributed by atoms with Crippen LogP contribution in [-0.4, -0.2) is 40.2 Å². The van der Waals surface area contributed by atoms with Crippen LogP contribution < -0.4 is 0 Å². The smallest absolute Gasteiger partial charge is 0.463 e. The van der Waals surface area contributed by atoms with Crippen molar-refractivity contribution in [2.45, 2.75) is 64.4 Å². The fraction of sp³-hybridized carbons (Fsp3) is 0.571. The minimum atomic E-state index is -4.63. The fourth-order valence-corrected chi connectivity index (χ4v) is 2.49. The molecule has 0 radical (unpaired) electrons. The van der Waals surface area contributed by atoms with E-state index < -0.39 is 26.5 Å². The fourth-order valence-electron chi connectivity index (χ4n) is 2.12. The molecule has 3 N–H and O–H groups in total. The third-order valence-corrected chi connectivity index (χ3v) is 4.08. The molecule has 0 saturated carbocycles. The molecule has 0 fully saturated rings. The summed E-state index contributed by atoms with van der Waals surface area (Å²) in [6.45, 7) is 1.18. The third kappa shape index (κ3) is 22.7. The lowest BCUT2D eigenvalue weighted by molar-refractivity contribution is -0.147. The van der Waals surface area contributed by atoms with Gasteiger partial charge < -0.3 is 19.6 Å². The number of esters is 1. The second-order valence-corrected chi connectivity index (χ2v) is 7.61. The molecule has 0 aliphatic carbocycles. The van der Waals surface area contributed by atoms with E-state index in [0.717, 1.165) is 38.5 Å². The zero-order valence-electron chi connectivity index (χ0n) is 17.2. The molecule has 0 aromatic heterocycles. The van der Waals surface area contributed by atoms with Gasteiger partial charge in [0.1, 0.15) is 12.7 Å². The molecule has 8 heteroatoms. The first-order valence-corrected chi connectivity index (χ1v) is 11.5. The van der Waals surface area contributed by atoms with Crippen molar-refractivity contribution < 1.29 is 33.5 Å². The maximum absolute atomic E-state index is 11.5. The second-order valence-electron chi connectivity index (χ2n) is 6.37. The first-order chi connectivity index (χ1) is 13.8. The largest absolute Gasteiger partial charge is 0.469 e. The summed E-state index contributed by atoms with van der Waals surface area (Å²) in [5.41, 5.74) is 0. The van der Waals surface area contributed by atoms with Crippen LogP contribution in [0.25, 0.3) is 0 Å². The zero-order chi connectivity index (χ0) is 21.8. The minimum Gasteiger partial charge on any atom is -0.463 e. The van der Waals surface area contributed by atoms with E-state index in [9.17, 15) is 14.5 Å². The van der Waals surface area contributed by atoms with Crippen LogP contribution in [0.15, 0.2) is 48.6 Å². The minimum absolute atomic E-state index is 0.236. The molecule has 7 nitrogen and oxygen atoms in total. The van der Waals surface area contributed by atoms with E-state index in [4.69, 9.17) is 14.5 Å². The third-order valence-electron chi connectivity index (χ3n) is 3.59. The Morgan fingerprint density at radius 1 is 0.897 bits per heavy atom. The van der Waals surface area contributed by atoms with Crippen molar-refractivity contribution in [3.63, 3.8) is 0 Å². The number of phosphoric acid groups is 1. The quantitative estimate of drug-likeness (QED) is 0.136. The number of hydrogen-bond acceptors (Lipinski definition) is 5. The van der Waals surface area contributed by atoms with Gasteiger partial charge in [0.25, 0.3) is 0 Å². The van der Waals surface area contributed by atoms with Crippen molar-refractivity contribution in [2.75, 3.05) is 13.2 Å². The normalized spacial score (nSPS) is 13.9. The van der Waals surface area contributed by atoms with E-state index in [2.05, 4.69) is 60.1 Å². The lowest BCUT2D eigenvalue weighted by atomic mass is 10.2. The number of carbonyl (C=O) groups excluding carboxylic acids is 1. The second kappa shape index (κ2) is 18.5. The van der Waals surface area contributed by atoms with Crippen molar-refractivity contribution in [2.24, 2.45) is 0 Å². The van der Waals surface area contributed by atoms with Crippen molar-refractivity contribution in [3.05, 3.63) is 48.6 Å². The predicted molar refractivity (Wildman–Crippen MR) is 114 cm³/mol.